The molecule has 0 amide bonds. The Hall–Kier alpha value is -2.28. The van der Waals surface area contributed by atoms with Crippen LogP contribution >= 0.6 is 0 Å². The highest BCUT2D eigenvalue weighted by Gasteiger charge is 2.08. The first-order valence-electron chi connectivity index (χ1n) is 4.10. The van der Waals surface area contributed by atoms with Gasteiger partial charge in [-0.05, 0) is 12.1 Å². The molecular weight excluding hydrogens is 193 g/mol. The Morgan fingerprint density at radius 2 is 2.33 bits per heavy atom. The van der Waals surface area contributed by atoms with Crippen LogP contribution in [0.15, 0.2) is 43.4 Å². The highest BCUT2D eigenvalue weighted by atomic mass is 19.1. The van der Waals surface area contributed by atoms with Gasteiger partial charge in [-0.25, -0.2) is 14.4 Å². The molecule has 4 heteroatoms. The third-order valence-corrected chi connectivity index (χ3v) is 1.59. The molecule has 0 N–H and O–H groups in total. The van der Waals surface area contributed by atoms with Crippen molar-refractivity contribution >= 4 is 5.57 Å². The minimum atomic E-state index is -0.662. The van der Waals surface area contributed by atoms with E-state index in [-0.39, 0.29) is 17.1 Å². The third-order valence-electron chi connectivity index (χ3n) is 1.59. The molecule has 1 heterocycles. The SMILES string of the molecule is C=C/C=C(\C(=C)F)c1nccc(C#N)n1. The Morgan fingerprint density at radius 1 is 1.60 bits per heavy atom. The number of aromatic nitrogens is 2. The van der Waals surface area contributed by atoms with E-state index in [1.807, 2.05) is 6.07 Å². The molecule has 0 aromatic carbocycles. The Morgan fingerprint density at radius 3 is 2.87 bits per heavy atom. The van der Waals surface area contributed by atoms with Gasteiger partial charge in [-0.15, -0.1) is 0 Å². The summed E-state index contributed by atoms with van der Waals surface area (Å²) in [6.07, 6.45) is 4.20. The number of nitrogens with zero attached hydrogens (tertiary/aromatic N) is 3. The summed E-state index contributed by atoms with van der Waals surface area (Å²) in [5.41, 5.74) is 0.304. The molecule has 15 heavy (non-hydrogen) atoms. The average Bonchev–Trinajstić information content (AvgIpc) is 2.25. The maximum Gasteiger partial charge on any atom is 0.163 e. The van der Waals surface area contributed by atoms with Crippen LogP contribution in [0.1, 0.15) is 11.5 Å². The molecule has 0 aliphatic carbocycles. The van der Waals surface area contributed by atoms with Gasteiger partial charge in [0.2, 0.25) is 0 Å². The van der Waals surface area contributed by atoms with Crippen molar-refractivity contribution in [2.45, 2.75) is 0 Å². The van der Waals surface area contributed by atoms with Crippen LogP contribution in [-0.2, 0) is 0 Å². The second kappa shape index (κ2) is 4.82. The maximum absolute atomic E-state index is 13.0. The van der Waals surface area contributed by atoms with Crippen LogP contribution in [0.25, 0.3) is 5.57 Å². The van der Waals surface area contributed by atoms with Crippen molar-refractivity contribution in [1.29, 1.82) is 5.26 Å². The van der Waals surface area contributed by atoms with Crippen LogP contribution in [0.2, 0.25) is 0 Å². The fourth-order valence-corrected chi connectivity index (χ4v) is 0.955. The first-order valence-corrected chi connectivity index (χ1v) is 4.10. The van der Waals surface area contributed by atoms with Crippen molar-refractivity contribution in [3.8, 4) is 6.07 Å². The Bertz CT molecular complexity index is 469. The lowest BCUT2D eigenvalue weighted by Crippen LogP contribution is -1.96. The summed E-state index contributed by atoms with van der Waals surface area (Å²) < 4.78 is 13.0. The highest BCUT2D eigenvalue weighted by molar-refractivity contribution is 5.73. The lowest BCUT2D eigenvalue weighted by molar-refractivity contribution is 0.676. The first kappa shape index (κ1) is 10.8. The molecular formula is C11H8FN3. The molecule has 1 aromatic rings. The summed E-state index contributed by atoms with van der Waals surface area (Å²) in [5, 5.41) is 8.62. The monoisotopic (exact) mass is 201 g/mol. The molecule has 1 rings (SSSR count). The molecule has 0 aliphatic rings. The van der Waals surface area contributed by atoms with Gasteiger partial charge in [0.1, 0.15) is 17.6 Å². The van der Waals surface area contributed by atoms with E-state index in [9.17, 15) is 4.39 Å². The molecule has 0 unspecified atom stereocenters. The van der Waals surface area contributed by atoms with Crippen molar-refractivity contribution < 1.29 is 4.39 Å². The van der Waals surface area contributed by atoms with Crippen LogP contribution < -0.4 is 0 Å². The summed E-state index contributed by atoms with van der Waals surface area (Å²) in [4.78, 5) is 7.69. The predicted octanol–water partition coefficient (Wildman–Crippen LogP) is 2.40. The van der Waals surface area contributed by atoms with Gasteiger partial charge in [0.15, 0.2) is 5.82 Å². The summed E-state index contributed by atoms with van der Waals surface area (Å²) in [7, 11) is 0. The topological polar surface area (TPSA) is 49.6 Å². The van der Waals surface area contributed by atoms with Crippen LogP contribution in [0.5, 0.6) is 0 Å². The number of nitriles is 1. The molecule has 0 saturated heterocycles. The highest BCUT2D eigenvalue weighted by Crippen LogP contribution is 2.19. The van der Waals surface area contributed by atoms with Gasteiger partial charge in [0, 0.05) is 6.20 Å². The van der Waals surface area contributed by atoms with E-state index >= 15 is 0 Å². The molecule has 0 spiro atoms. The summed E-state index contributed by atoms with van der Waals surface area (Å²) in [6, 6.07) is 3.29. The standard InChI is InChI=1S/C11H8FN3/c1-3-4-10(8(2)12)11-14-6-5-9(7-13)15-11/h3-6H,1-2H2/b10-4+. The minimum Gasteiger partial charge on any atom is -0.236 e. The van der Waals surface area contributed by atoms with E-state index in [2.05, 4.69) is 23.1 Å². The second-order valence-electron chi connectivity index (χ2n) is 2.60. The van der Waals surface area contributed by atoms with E-state index in [0.717, 1.165) is 0 Å². The summed E-state index contributed by atoms with van der Waals surface area (Å²) >= 11 is 0. The lowest BCUT2D eigenvalue weighted by atomic mass is 10.2. The summed E-state index contributed by atoms with van der Waals surface area (Å²) in [6.45, 7) is 6.61. The molecule has 1 aromatic heterocycles. The van der Waals surface area contributed by atoms with Crippen molar-refractivity contribution in [1.82, 2.24) is 9.97 Å². The molecule has 0 aliphatic heterocycles. The van der Waals surface area contributed by atoms with Gasteiger partial charge in [-0.2, -0.15) is 5.26 Å². The average molecular weight is 201 g/mol. The number of hydrogen-bond donors (Lipinski definition) is 0. The molecule has 0 radical (unpaired) electrons. The number of allylic oxidation sites excluding steroid dienone is 4. The first-order chi connectivity index (χ1) is 7.19. The van der Waals surface area contributed by atoms with Crippen molar-refractivity contribution in [3.63, 3.8) is 0 Å². The molecule has 0 saturated carbocycles. The van der Waals surface area contributed by atoms with Crippen LogP contribution in [0.4, 0.5) is 4.39 Å². The zero-order valence-electron chi connectivity index (χ0n) is 7.94. The van der Waals surface area contributed by atoms with Crippen molar-refractivity contribution in [2.75, 3.05) is 0 Å². The van der Waals surface area contributed by atoms with Gasteiger partial charge >= 0.3 is 0 Å². The van der Waals surface area contributed by atoms with Gasteiger partial charge in [0.05, 0.1) is 5.57 Å². The van der Waals surface area contributed by atoms with E-state index in [0.29, 0.717) is 0 Å². The number of halogens is 1. The fourth-order valence-electron chi connectivity index (χ4n) is 0.955. The Kier molecular flexibility index (Phi) is 3.47. The van der Waals surface area contributed by atoms with Gasteiger partial charge in [0.25, 0.3) is 0 Å². The van der Waals surface area contributed by atoms with Crippen LogP contribution in [0.3, 0.4) is 0 Å². The predicted molar refractivity (Wildman–Crippen MR) is 55.2 cm³/mol. The van der Waals surface area contributed by atoms with E-state index < -0.39 is 5.83 Å². The summed E-state index contributed by atoms with van der Waals surface area (Å²) in [5.74, 6) is -0.536. The quantitative estimate of drug-likeness (QED) is 0.705. The zero-order valence-corrected chi connectivity index (χ0v) is 7.94. The van der Waals surface area contributed by atoms with Crippen LogP contribution in [0, 0.1) is 11.3 Å². The lowest BCUT2D eigenvalue weighted by Gasteiger charge is -2.01. The maximum atomic E-state index is 13.0. The van der Waals surface area contributed by atoms with E-state index in [1.54, 1.807) is 0 Å². The Balaban J connectivity index is 3.24. The molecule has 0 bridgehead atoms. The van der Waals surface area contributed by atoms with Crippen molar-refractivity contribution in [2.24, 2.45) is 0 Å². The van der Waals surface area contributed by atoms with Gasteiger partial charge in [-0.1, -0.05) is 19.2 Å². The fraction of sp³-hybridized carbons (Fsp3) is 0. The third kappa shape index (κ3) is 2.58. The van der Waals surface area contributed by atoms with Gasteiger partial charge < -0.3 is 0 Å². The van der Waals surface area contributed by atoms with Gasteiger partial charge in [-0.3, -0.25) is 0 Å². The molecule has 0 atom stereocenters. The smallest absolute Gasteiger partial charge is 0.163 e. The van der Waals surface area contributed by atoms with E-state index in [1.165, 1.54) is 24.4 Å². The van der Waals surface area contributed by atoms with Crippen LogP contribution in [-0.4, -0.2) is 9.97 Å². The van der Waals surface area contributed by atoms with E-state index in [4.69, 9.17) is 5.26 Å². The van der Waals surface area contributed by atoms with Crippen molar-refractivity contribution in [3.05, 3.63) is 54.9 Å². The molecule has 74 valence electrons. The number of hydrogen-bond acceptors (Lipinski definition) is 3. The largest absolute Gasteiger partial charge is 0.236 e. The molecule has 3 nitrogen and oxygen atoms in total. The minimum absolute atomic E-state index is 0.126. The Labute approximate surface area is 86.9 Å². The zero-order chi connectivity index (χ0) is 11.3. The molecule has 0 fully saturated rings. The second-order valence-corrected chi connectivity index (χ2v) is 2.60. The normalized spacial score (nSPS) is 10.5. The number of rotatable bonds is 3.